The van der Waals surface area contributed by atoms with Crippen molar-refractivity contribution < 1.29 is 9.90 Å². The van der Waals surface area contributed by atoms with Crippen LogP contribution in [0.5, 0.6) is 0 Å². The lowest BCUT2D eigenvalue weighted by molar-refractivity contribution is -0.138. The van der Waals surface area contributed by atoms with E-state index in [1.165, 1.54) is 0 Å². The first kappa shape index (κ1) is 7.28. The number of hydrogen-bond donors (Lipinski definition) is 1. The van der Waals surface area contributed by atoms with Gasteiger partial charge in [0.15, 0.2) is 0 Å². The zero-order chi connectivity index (χ0) is 8.55. The second kappa shape index (κ2) is 2.59. The third kappa shape index (κ3) is 0.978. The minimum absolute atomic E-state index is 0.374. The van der Waals surface area contributed by atoms with Crippen LogP contribution in [0.25, 0.3) is 0 Å². The summed E-state index contributed by atoms with van der Waals surface area (Å²) in [6.07, 6.45) is 3.20. The van der Waals surface area contributed by atoms with Gasteiger partial charge in [-0.25, -0.2) is 0 Å². The van der Waals surface area contributed by atoms with Gasteiger partial charge in [-0.3, -0.25) is 9.78 Å². The Morgan fingerprint density at radius 3 is 3.25 bits per heavy atom. The summed E-state index contributed by atoms with van der Waals surface area (Å²) in [6, 6.07) is 3.80. The first-order chi connectivity index (χ1) is 5.79. The average Bonchev–Trinajstić information content (AvgIpc) is 2.47. The largest absolute Gasteiger partial charge is 0.481 e. The maximum atomic E-state index is 10.7. The highest BCUT2D eigenvalue weighted by atomic mass is 16.4. The third-order valence-electron chi connectivity index (χ3n) is 2.26. The highest BCUT2D eigenvalue weighted by Gasteiger charge is 2.28. The quantitative estimate of drug-likeness (QED) is 0.676. The maximum absolute atomic E-state index is 10.7. The number of carboxylic acids is 1. The summed E-state index contributed by atoms with van der Waals surface area (Å²) >= 11 is 0. The van der Waals surface area contributed by atoms with Crippen molar-refractivity contribution >= 4 is 5.97 Å². The van der Waals surface area contributed by atoms with Gasteiger partial charge < -0.3 is 5.11 Å². The number of hydrogen-bond acceptors (Lipinski definition) is 2. The van der Waals surface area contributed by atoms with Crippen molar-refractivity contribution in [3.05, 3.63) is 29.6 Å². The molecule has 0 fully saturated rings. The van der Waals surface area contributed by atoms with Gasteiger partial charge in [0.05, 0.1) is 11.6 Å². The van der Waals surface area contributed by atoms with E-state index in [0.29, 0.717) is 6.42 Å². The number of pyridine rings is 1. The van der Waals surface area contributed by atoms with Gasteiger partial charge in [0.2, 0.25) is 0 Å². The van der Waals surface area contributed by atoms with Crippen LogP contribution in [0.15, 0.2) is 18.3 Å². The fraction of sp³-hybridized carbons (Fsp3) is 0.333. The van der Waals surface area contributed by atoms with E-state index < -0.39 is 5.97 Å². The van der Waals surface area contributed by atoms with Crippen molar-refractivity contribution in [1.82, 2.24) is 4.98 Å². The zero-order valence-corrected chi connectivity index (χ0v) is 6.53. The van der Waals surface area contributed by atoms with Gasteiger partial charge in [-0.15, -0.1) is 0 Å². The number of fused-ring (bicyclic) bond motifs is 1. The summed E-state index contributed by atoms with van der Waals surface area (Å²) in [5.74, 6) is -1.13. The molecule has 0 amide bonds. The molecule has 3 heteroatoms. The molecule has 1 atom stereocenters. The summed E-state index contributed by atoms with van der Waals surface area (Å²) in [5, 5.41) is 8.82. The molecule has 12 heavy (non-hydrogen) atoms. The van der Waals surface area contributed by atoms with E-state index >= 15 is 0 Å². The predicted octanol–water partition coefficient (Wildman–Crippen LogP) is 1.20. The Kier molecular flexibility index (Phi) is 1.57. The summed E-state index contributed by atoms with van der Waals surface area (Å²) in [5.41, 5.74) is 1.84. The highest BCUT2D eigenvalue weighted by Crippen LogP contribution is 2.30. The Bertz CT molecular complexity index is 322. The summed E-state index contributed by atoms with van der Waals surface area (Å²) in [7, 11) is 0. The van der Waals surface area contributed by atoms with Crippen LogP contribution in [0.1, 0.15) is 23.6 Å². The fourth-order valence-electron chi connectivity index (χ4n) is 1.65. The summed E-state index contributed by atoms with van der Waals surface area (Å²) in [6.45, 7) is 0. The van der Waals surface area contributed by atoms with Crippen molar-refractivity contribution in [3.8, 4) is 0 Å². The molecule has 1 aliphatic rings. The molecule has 1 unspecified atom stereocenters. The van der Waals surface area contributed by atoms with Gasteiger partial charge in [0, 0.05) is 6.20 Å². The molecule has 0 aliphatic heterocycles. The highest BCUT2D eigenvalue weighted by molar-refractivity contribution is 5.76. The van der Waals surface area contributed by atoms with E-state index in [0.717, 1.165) is 17.7 Å². The Balaban J connectivity index is 2.42. The van der Waals surface area contributed by atoms with E-state index in [2.05, 4.69) is 4.98 Å². The van der Waals surface area contributed by atoms with E-state index in [4.69, 9.17) is 5.11 Å². The van der Waals surface area contributed by atoms with Crippen molar-refractivity contribution in [2.45, 2.75) is 18.8 Å². The topological polar surface area (TPSA) is 50.2 Å². The molecule has 0 radical (unpaired) electrons. The SMILES string of the molecule is O=C(O)C1CCc2cccnc21. The molecule has 0 aromatic carbocycles. The molecular formula is C9H9NO2. The Hall–Kier alpha value is -1.38. The lowest BCUT2D eigenvalue weighted by atomic mass is 10.1. The number of aromatic nitrogens is 1. The summed E-state index contributed by atoms with van der Waals surface area (Å²) < 4.78 is 0. The first-order valence-corrected chi connectivity index (χ1v) is 3.95. The minimum atomic E-state index is -0.757. The van der Waals surface area contributed by atoms with Crippen molar-refractivity contribution in [2.75, 3.05) is 0 Å². The molecule has 1 N–H and O–H groups in total. The zero-order valence-electron chi connectivity index (χ0n) is 6.53. The van der Waals surface area contributed by atoms with Gasteiger partial charge in [0.25, 0.3) is 0 Å². The lowest BCUT2D eigenvalue weighted by Crippen LogP contribution is -2.08. The fourth-order valence-corrected chi connectivity index (χ4v) is 1.65. The van der Waals surface area contributed by atoms with Gasteiger partial charge in [-0.05, 0) is 24.5 Å². The maximum Gasteiger partial charge on any atom is 0.312 e. The molecule has 62 valence electrons. The molecule has 1 heterocycles. The number of nitrogens with zero attached hydrogens (tertiary/aromatic N) is 1. The summed E-state index contributed by atoms with van der Waals surface area (Å²) in [4.78, 5) is 14.8. The molecule has 1 aromatic rings. The minimum Gasteiger partial charge on any atom is -0.481 e. The van der Waals surface area contributed by atoms with Gasteiger partial charge in [0.1, 0.15) is 0 Å². The molecule has 0 saturated carbocycles. The Labute approximate surface area is 70.1 Å². The van der Waals surface area contributed by atoms with E-state index in [9.17, 15) is 4.79 Å². The number of aryl methyl sites for hydroxylation is 1. The van der Waals surface area contributed by atoms with Crippen LogP contribution in [0.4, 0.5) is 0 Å². The van der Waals surface area contributed by atoms with E-state index in [1.54, 1.807) is 6.20 Å². The molecular weight excluding hydrogens is 154 g/mol. The van der Waals surface area contributed by atoms with Gasteiger partial charge >= 0.3 is 5.97 Å². The van der Waals surface area contributed by atoms with Crippen molar-refractivity contribution in [1.29, 1.82) is 0 Å². The molecule has 2 rings (SSSR count). The third-order valence-corrected chi connectivity index (χ3v) is 2.26. The second-order valence-corrected chi connectivity index (χ2v) is 2.98. The number of carbonyl (C=O) groups is 1. The first-order valence-electron chi connectivity index (χ1n) is 3.95. The molecule has 0 spiro atoms. The Morgan fingerprint density at radius 1 is 1.67 bits per heavy atom. The number of rotatable bonds is 1. The van der Waals surface area contributed by atoms with E-state index in [-0.39, 0.29) is 5.92 Å². The van der Waals surface area contributed by atoms with Crippen LogP contribution in [0.2, 0.25) is 0 Å². The number of aliphatic carboxylic acids is 1. The van der Waals surface area contributed by atoms with Crippen LogP contribution in [-0.4, -0.2) is 16.1 Å². The predicted molar refractivity (Wildman–Crippen MR) is 42.9 cm³/mol. The molecule has 0 saturated heterocycles. The van der Waals surface area contributed by atoms with Crippen LogP contribution >= 0.6 is 0 Å². The van der Waals surface area contributed by atoms with E-state index in [1.807, 2.05) is 12.1 Å². The molecule has 1 aliphatic carbocycles. The monoisotopic (exact) mass is 163 g/mol. The molecule has 1 aromatic heterocycles. The van der Waals surface area contributed by atoms with Crippen LogP contribution in [0.3, 0.4) is 0 Å². The molecule has 0 bridgehead atoms. The van der Waals surface area contributed by atoms with Crippen molar-refractivity contribution in [3.63, 3.8) is 0 Å². The van der Waals surface area contributed by atoms with Crippen LogP contribution in [-0.2, 0) is 11.2 Å². The van der Waals surface area contributed by atoms with Gasteiger partial charge in [-0.2, -0.15) is 0 Å². The van der Waals surface area contributed by atoms with Crippen LogP contribution < -0.4 is 0 Å². The second-order valence-electron chi connectivity index (χ2n) is 2.98. The van der Waals surface area contributed by atoms with Crippen molar-refractivity contribution in [2.24, 2.45) is 0 Å². The average molecular weight is 163 g/mol. The smallest absolute Gasteiger partial charge is 0.312 e. The molecule has 3 nitrogen and oxygen atoms in total. The standard InChI is InChI=1S/C9H9NO2/c11-9(12)7-4-3-6-2-1-5-10-8(6)7/h1-2,5,7H,3-4H2,(H,11,12). The lowest BCUT2D eigenvalue weighted by Gasteiger charge is -2.02. The normalized spacial score (nSPS) is 20.5. The van der Waals surface area contributed by atoms with Gasteiger partial charge in [-0.1, -0.05) is 6.07 Å². The van der Waals surface area contributed by atoms with Crippen LogP contribution in [0, 0.1) is 0 Å². The number of carboxylic acid groups (broad SMARTS) is 1. The Morgan fingerprint density at radius 2 is 2.50 bits per heavy atom.